The number of fused-ring (bicyclic) bond motifs is 1. The summed E-state index contributed by atoms with van der Waals surface area (Å²) in [6.45, 7) is 0. The van der Waals surface area contributed by atoms with Gasteiger partial charge in [0.25, 0.3) is 0 Å². The number of benzene rings is 2. The summed E-state index contributed by atoms with van der Waals surface area (Å²) >= 11 is 0. The van der Waals surface area contributed by atoms with Crippen molar-refractivity contribution < 1.29 is 15.1 Å². The third-order valence-electron chi connectivity index (χ3n) is 3.12. The minimum absolute atomic E-state index is 0.140. The minimum Gasteiger partial charge on any atom is -0.476 e. The van der Waals surface area contributed by atoms with E-state index < -0.39 is 5.97 Å². The molecule has 4 nitrogen and oxygen atoms in total. The van der Waals surface area contributed by atoms with Crippen molar-refractivity contribution in [3.8, 4) is 11.1 Å². The van der Waals surface area contributed by atoms with Crippen LogP contribution in [0.15, 0.2) is 54.6 Å². The van der Waals surface area contributed by atoms with Gasteiger partial charge in [-0.05, 0) is 23.3 Å². The third-order valence-corrected chi connectivity index (χ3v) is 3.12. The zero-order chi connectivity index (χ0) is 13.4. The zero-order valence-electron chi connectivity index (χ0n) is 9.95. The second-order valence-corrected chi connectivity index (χ2v) is 4.25. The lowest BCUT2D eigenvalue weighted by Crippen LogP contribution is -2.04. The predicted molar refractivity (Wildman–Crippen MR) is 71.5 cm³/mol. The van der Waals surface area contributed by atoms with Gasteiger partial charge in [-0.15, -0.1) is 0 Å². The summed E-state index contributed by atoms with van der Waals surface area (Å²) in [4.78, 5) is 11.1. The van der Waals surface area contributed by atoms with Gasteiger partial charge in [-0.2, -0.15) is 4.73 Å². The van der Waals surface area contributed by atoms with Crippen LogP contribution >= 0.6 is 0 Å². The Kier molecular flexibility index (Phi) is 2.49. The predicted octanol–water partition coefficient (Wildman–Crippen LogP) is 3.24. The fraction of sp³-hybridized carbons (Fsp3) is 0. The second-order valence-electron chi connectivity index (χ2n) is 4.25. The largest absolute Gasteiger partial charge is 0.476 e. The molecular formula is C15H11NO3. The normalized spacial score (nSPS) is 10.7. The third kappa shape index (κ3) is 1.74. The van der Waals surface area contributed by atoms with Crippen molar-refractivity contribution in [3.63, 3.8) is 0 Å². The number of hydrogen-bond donors (Lipinski definition) is 2. The molecule has 0 saturated heterocycles. The Morgan fingerprint density at radius 1 is 1.00 bits per heavy atom. The molecule has 0 aliphatic carbocycles. The Labute approximate surface area is 109 Å². The maximum absolute atomic E-state index is 11.1. The van der Waals surface area contributed by atoms with Crippen molar-refractivity contribution in [2.24, 2.45) is 0 Å². The van der Waals surface area contributed by atoms with Crippen LogP contribution in [0.1, 0.15) is 10.5 Å². The lowest BCUT2D eigenvalue weighted by molar-refractivity contribution is 0.0649. The highest BCUT2D eigenvalue weighted by Crippen LogP contribution is 2.30. The Morgan fingerprint density at radius 2 is 1.74 bits per heavy atom. The standard InChI is InChI=1S/C15H11NO3/c17-15(18)14-9-12-11(10-5-2-1-3-6-10)7-4-8-13(12)16(14)19/h1-9,19H,(H,17,18). The van der Waals surface area contributed by atoms with E-state index in [4.69, 9.17) is 5.11 Å². The fourth-order valence-corrected chi connectivity index (χ4v) is 2.24. The number of hydrogen-bond acceptors (Lipinski definition) is 2. The van der Waals surface area contributed by atoms with E-state index in [2.05, 4.69) is 0 Å². The summed E-state index contributed by atoms with van der Waals surface area (Å²) in [5.74, 6) is -1.15. The fourth-order valence-electron chi connectivity index (χ4n) is 2.24. The number of aromatic carboxylic acids is 1. The lowest BCUT2D eigenvalue weighted by atomic mass is 10.0. The molecule has 1 heterocycles. The molecule has 0 unspecified atom stereocenters. The van der Waals surface area contributed by atoms with Gasteiger partial charge < -0.3 is 10.3 Å². The van der Waals surface area contributed by atoms with E-state index in [0.717, 1.165) is 11.1 Å². The molecule has 0 fully saturated rings. The highest BCUT2D eigenvalue weighted by Gasteiger charge is 2.16. The van der Waals surface area contributed by atoms with Crippen LogP contribution in [0.4, 0.5) is 0 Å². The van der Waals surface area contributed by atoms with E-state index in [0.29, 0.717) is 15.6 Å². The molecule has 3 aromatic rings. The number of nitrogens with zero attached hydrogens (tertiary/aromatic N) is 1. The van der Waals surface area contributed by atoms with Gasteiger partial charge in [0, 0.05) is 5.39 Å². The van der Waals surface area contributed by atoms with Gasteiger partial charge in [-0.25, -0.2) is 4.79 Å². The zero-order valence-corrected chi connectivity index (χ0v) is 9.95. The van der Waals surface area contributed by atoms with E-state index in [9.17, 15) is 10.0 Å². The molecule has 1 aromatic heterocycles. The molecule has 0 aliphatic rings. The van der Waals surface area contributed by atoms with Gasteiger partial charge >= 0.3 is 5.97 Å². The van der Waals surface area contributed by atoms with E-state index >= 15 is 0 Å². The molecule has 0 bridgehead atoms. The summed E-state index contributed by atoms with van der Waals surface area (Å²) in [7, 11) is 0. The summed E-state index contributed by atoms with van der Waals surface area (Å²) in [6, 6.07) is 16.5. The van der Waals surface area contributed by atoms with Crippen molar-refractivity contribution in [3.05, 3.63) is 60.3 Å². The van der Waals surface area contributed by atoms with Crippen molar-refractivity contribution in [2.75, 3.05) is 0 Å². The van der Waals surface area contributed by atoms with Gasteiger partial charge in [-0.1, -0.05) is 42.5 Å². The maximum atomic E-state index is 11.1. The summed E-state index contributed by atoms with van der Waals surface area (Å²) < 4.78 is 0.712. The van der Waals surface area contributed by atoms with Crippen molar-refractivity contribution >= 4 is 16.9 Å². The quantitative estimate of drug-likeness (QED) is 0.689. The Hall–Kier alpha value is -2.75. The van der Waals surface area contributed by atoms with E-state index in [1.165, 1.54) is 6.07 Å². The Morgan fingerprint density at radius 3 is 2.42 bits per heavy atom. The van der Waals surface area contributed by atoms with Crippen LogP contribution in [-0.4, -0.2) is 21.0 Å². The first kappa shape index (κ1) is 11.3. The molecule has 4 heteroatoms. The molecule has 19 heavy (non-hydrogen) atoms. The van der Waals surface area contributed by atoms with Crippen LogP contribution in [-0.2, 0) is 0 Å². The highest BCUT2D eigenvalue weighted by atomic mass is 16.5. The van der Waals surface area contributed by atoms with Crippen LogP contribution in [0.2, 0.25) is 0 Å². The molecule has 0 radical (unpaired) electrons. The molecule has 94 valence electrons. The second kappa shape index (κ2) is 4.17. The van der Waals surface area contributed by atoms with E-state index in [1.807, 2.05) is 36.4 Å². The maximum Gasteiger partial charge on any atom is 0.356 e. The number of aromatic nitrogens is 1. The average Bonchev–Trinajstić information content (AvgIpc) is 2.78. The molecule has 0 amide bonds. The van der Waals surface area contributed by atoms with Crippen molar-refractivity contribution in [1.29, 1.82) is 0 Å². The minimum atomic E-state index is -1.15. The SMILES string of the molecule is O=C(O)c1cc2c(-c3ccccc3)cccc2n1O. The van der Waals surface area contributed by atoms with Crippen LogP contribution < -0.4 is 0 Å². The van der Waals surface area contributed by atoms with Crippen molar-refractivity contribution in [1.82, 2.24) is 4.73 Å². The Balaban J connectivity index is 2.33. The monoisotopic (exact) mass is 253 g/mol. The first-order valence-electron chi connectivity index (χ1n) is 5.81. The summed E-state index contributed by atoms with van der Waals surface area (Å²) in [5, 5.41) is 19.6. The van der Waals surface area contributed by atoms with Crippen LogP contribution in [0.3, 0.4) is 0 Å². The molecule has 0 spiro atoms. The smallest absolute Gasteiger partial charge is 0.356 e. The topological polar surface area (TPSA) is 62.5 Å². The van der Waals surface area contributed by atoms with E-state index in [1.54, 1.807) is 12.1 Å². The van der Waals surface area contributed by atoms with Gasteiger partial charge in [0.1, 0.15) is 0 Å². The molecule has 0 aliphatic heterocycles. The lowest BCUT2D eigenvalue weighted by Gasteiger charge is -2.03. The van der Waals surface area contributed by atoms with Gasteiger partial charge in [0.15, 0.2) is 5.69 Å². The number of carbonyl (C=O) groups is 1. The van der Waals surface area contributed by atoms with E-state index in [-0.39, 0.29) is 5.69 Å². The number of rotatable bonds is 2. The molecule has 0 saturated carbocycles. The summed E-state index contributed by atoms with van der Waals surface area (Å²) in [5.41, 5.74) is 2.22. The van der Waals surface area contributed by atoms with Crippen molar-refractivity contribution in [2.45, 2.75) is 0 Å². The Bertz CT molecular complexity index is 760. The highest BCUT2D eigenvalue weighted by molar-refractivity contribution is 6.01. The number of carboxylic acid groups (broad SMARTS) is 1. The van der Waals surface area contributed by atoms with Gasteiger partial charge in [-0.3, -0.25) is 0 Å². The molecule has 0 atom stereocenters. The van der Waals surface area contributed by atoms with Crippen LogP contribution in [0, 0.1) is 0 Å². The molecule has 2 N–H and O–H groups in total. The first-order chi connectivity index (χ1) is 9.18. The van der Waals surface area contributed by atoms with Crippen LogP contribution in [0.25, 0.3) is 22.0 Å². The summed E-state index contributed by atoms with van der Waals surface area (Å²) in [6.07, 6.45) is 0. The molecular weight excluding hydrogens is 242 g/mol. The molecule has 3 rings (SSSR count). The number of carboxylic acids is 1. The van der Waals surface area contributed by atoms with Gasteiger partial charge in [0.05, 0.1) is 5.52 Å². The van der Waals surface area contributed by atoms with Crippen LogP contribution in [0.5, 0.6) is 0 Å². The van der Waals surface area contributed by atoms with Gasteiger partial charge in [0.2, 0.25) is 0 Å². The molecule has 2 aromatic carbocycles. The average molecular weight is 253 g/mol. The first-order valence-corrected chi connectivity index (χ1v) is 5.81.